The Hall–Kier alpha value is -2.67. The number of carbonyl (C=O) groups is 1. The van der Waals surface area contributed by atoms with Crippen LogP contribution in [0.1, 0.15) is 10.4 Å². The zero-order valence-corrected chi connectivity index (χ0v) is 14.3. The van der Waals surface area contributed by atoms with E-state index in [1.165, 1.54) is 12.0 Å². The number of methoxy groups -OCH3 is 1. The zero-order chi connectivity index (χ0) is 18.5. The van der Waals surface area contributed by atoms with Gasteiger partial charge < -0.3 is 19.1 Å². The molecule has 2 aromatic rings. The van der Waals surface area contributed by atoms with E-state index in [9.17, 15) is 13.6 Å². The fourth-order valence-corrected chi connectivity index (χ4v) is 2.74. The summed E-state index contributed by atoms with van der Waals surface area (Å²) in [6.07, 6.45) is -0.378. The van der Waals surface area contributed by atoms with Crippen LogP contribution in [0.3, 0.4) is 0 Å². The summed E-state index contributed by atoms with van der Waals surface area (Å²) in [5.41, 5.74) is -0.588. The van der Waals surface area contributed by atoms with Crippen LogP contribution in [0.25, 0.3) is 0 Å². The topological polar surface area (TPSA) is 48.0 Å². The standard InChI is InChI=1S/C19H19F2NO4/c1-24-14-9-16(20)18(17(21)10-14)19(23)22-7-8-25-15(11-22)12-26-13-5-3-2-4-6-13/h2-6,9-10,15H,7-8,11-12H2,1H3/t15-/m0/s1. The number of hydrogen-bond donors (Lipinski definition) is 0. The van der Waals surface area contributed by atoms with Crippen LogP contribution in [0.4, 0.5) is 8.78 Å². The Morgan fingerprint density at radius 1 is 1.19 bits per heavy atom. The average molecular weight is 363 g/mol. The largest absolute Gasteiger partial charge is 0.497 e. The molecule has 1 aliphatic rings. The summed E-state index contributed by atoms with van der Waals surface area (Å²) < 4.78 is 44.3. The van der Waals surface area contributed by atoms with Gasteiger partial charge >= 0.3 is 0 Å². The monoisotopic (exact) mass is 363 g/mol. The van der Waals surface area contributed by atoms with Gasteiger partial charge in [-0.2, -0.15) is 0 Å². The van der Waals surface area contributed by atoms with Crippen LogP contribution >= 0.6 is 0 Å². The number of rotatable bonds is 5. The van der Waals surface area contributed by atoms with Gasteiger partial charge in [-0.3, -0.25) is 4.79 Å². The van der Waals surface area contributed by atoms with Gasteiger partial charge in [-0.05, 0) is 12.1 Å². The van der Waals surface area contributed by atoms with Crippen LogP contribution in [0.2, 0.25) is 0 Å². The van der Waals surface area contributed by atoms with Crippen molar-refractivity contribution in [3.05, 3.63) is 59.7 Å². The van der Waals surface area contributed by atoms with Crippen LogP contribution in [0, 0.1) is 11.6 Å². The van der Waals surface area contributed by atoms with Gasteiger partial charge in [0.1, 0.15) is 41.4 Å². The molecule has 7 heteroatoms. The predicted molar refractivity (Wildman–Crippen MR) is 90.5 cm³/mol. The maximum atomic E-state index is 14.1. The summed E-state index contributed by atoms with van der Waals surface area (Å²) in [5.74, 6) is -1.90. The first-order chi connectivity index (χ1) is 12.6. The van der Waals surface area contributed by atoms with Crippen molar-refractivity contribution in [3.8, 4) is 11.5 Å². The molecule has 1 fully saturated rings. The van der Waals surface area contributed by atoms with Gasteiger partial charge in [0.2, 0.25) is 0 Å². The van der Waals surface area contributed by atoms with Gasteiger partial charge in [-0.1, -0.05) is 18.2 Å². The normalized spacial score (nSPS) is 17.0. The molecular formula is C19H19F2NO4. The molecule has 0 unspecified atom stereocenters. The first-order valence-corrected chi connectivity index (χ1v) is 8.20. The third-order valence-electron chi connectivity index (χ3n) is 4.07. The van der Waals surface area contributed by atoms with E-state index in [1.807, 2.05) is 30.3 Å². The van der Waals surface area contributed by atoms with E-state index in [1.54, 1.807) is 0 Å². The molecule has 0 saturated carbocycles. The Morgan fingerprint density at radius 2 is 1.88 bits per heavy atom. The summed E-state index contributed by atoms with van der Waals surface area (Å²) in [5, 5.41) is 0. The van der Waals surface area contributed by atoms with Gasteiger partial charge in [0.05, 0.1) is 20.3 Å². The molecule has 26 heavy (non-hydrogen) atoms. The molecule has 3 rings (SSSR count). The Kier molecular flexibility index (Phi) is 5.68. The van der Waals surface area contributed by atoms with E-state index in [2.05, 4.69) is 0 Å². The fourth-order valence-electron chi connectivity index (χ4n) is 2.74. The van der Waals surface area contributed by atoms with Crippen molar-refractivity contribution in [3.63, 3.8) is 0 Å². The van der Waals surface area contributed by atoms with Crippen LogP contribution < -0.4 is 9.47 Å². The van der Waals surface area contributed by atoms with Gasteiger partial charge in [-0.15, -0.1) is 0 Å². The molecule has 138 valence electrons. The highest BCUT2D eigenvalue weighted by molar-refractivity contribution is 5.95. The smallest absolute Gasteiger partial charge is 0.260 e. The highest BCUT2D eigenvalue weighted by Crippen LogP contribution is 2.23. The van der Waals surface area contributed by atoms with E-state index >= 15 is 0 Å². The Balaban J connectivity index is 1.66. The number of hydrogen-bond acceptors (Lipinski definition) is 4. The summed E-state index contributed by atoms with van der Waals surface area (Å²) >= 11 is 0. The van der Waals surface area contributed by atoms with Gasteiger partial charge in [0.25, 0.3) is 5.91 Å². The van der Waals surface area contributed by atoms with Crippen LogP contribution in [0.15, 0.2) is 42.5 Å². The van der Waals surface area contributed by atoms with E-state index < -0.39 is 23.1 Å². The molecule has 0 spiro atoms. The second kappa shape index (κ2) is 8.14. The first-order valence-electron chi connectivity index (χ1n) is 8.20. The summed E-state index contributed by atoms with van der Waals surface area (Å²) in [6.45, 7) is 0.956. The van der Waals surface area contributed by atoms with Crippen molar-refractivity contribution in [1.82, 2.24) is 4.90 Å². The lowest BCUT2D eigenvalue weighted by molar-refractivity contribution is -0.0403. The van der Waals surface area contributed by atoms with Crippen molar-refractivity contribution in [1.29, 1.82) is 0 Å². The quantitative estimate of drug-likeness (QED) is 0.820. The number of carbonyl (C=O) groups excluding carboxylic acids is 1. The van der Waals surface area contributed by atoms with E-state index in [0.29, 0.717) is 5.75 Å². The minimum atomic E-state index is -0.949. The first kappa shape index (κ1) is 18.1. The number of ether oxygens (including phenoxy) is 3. The molecule has 1 saturated heterocycles. The molecule has 1 atom stereocenters. The van der Waals surface area contributed by atoms with Crippen LogP contribution in [-0.2, 0) is 4.74 Å². The molecular weight excluding hydrogens is 344 g/mol. The zero-order valence-electron chi connectivity index (χ0n) is 14.3. The minimum Gasteiger partial charge on any atom is -0.497 e. The number of amides is 1. The van der Waals surface area contributed by atoms with Gasteiger partial charge in [-0.25, -0.2) is 8.78 Å². The third kappa shape index (κ3) is 4.11. The number of para-hydroxylation sites is 1. The van der Waals surface area contributed by atoms with Crippen molar-refractivity contribution in [2.75, 3.05) is 33.4 Å². The minimum absolute atomic E-state index is 0.0210. The lowest BCUT2D eigenvalue weighted by Gasteiger charge is -2.33. The molecule has 0 aliphatic carbocycles. The van der Waals surface area contributed by atoms with Crippen molar-refractivity contribution in [2.45, 2.75) is 6.10 Å². The highest BCUT2D eigenvalue weighted by Gasteiger charge is 2.29. The van der Waals surface area contributed by atoms with E-state index in [0.717, 1.165) is 12.1 Å². The van der Waals surface area contributed by atoms with Gasteiger partial charge in [0, 0.05) is 18.7 Å². The second-order valence-corrected chi connectivity index (χ2v) is 5.83. The maximum absolute atomic E-state index is 14.1. The molecule has 1 aliphatic heterocycles. The summed E-state index contributed by atoms with van der Waals surface area (Å²) in [7, 11) is 1.30. The fraction of sp³-hybridized carbons (Fsp3) is 0.316. The lowest BCUT2D eigenvalue weighted by Crippen LogP contribution is -2.48. The second-order valence-electron chi connectivity index (χ2n) is 5.83. The van der Waals surface area contributed by atoms with Gasteiger partial charge in [0.15, 0.2) is 0 Å². The average Bonchev–Trinajstić information content (AvgIpc) is 2.66. The molecule has 2 aromatic carbocycles. The van der Waals surface area contributed by atoms with E-state index in [-0.39, 0.29) is 38.2 Å². The number of morpholine rings is 1. The third-order valence-corrected chi connectivity index (χ3v) is 4.07. The van der Waals surface area contributed by atoms with Crippen LogP contribution in [-0.4, -0.2) is 50.3 Å². The number of benzene rings is 2. The molecule has 1 heterocycles. The Labute approximate surface area is 150 Å². The Bertz CT molecular complexity index is 746. The number of halogens is 2. The van der Waals surface area contributed by atoms with Crippen molar-refractivity contribution < 1.29 is 27.8 Å². The molecule has 5 nitrogen and oxygen atoms in total. The SMILES string of the molecule is COc1cc(F)c(C(=O)N2CCO[C@H](COc3ccccc3)C2)c(F)c1. The Morgan fingerprint density at radius 3 is 2.54 bits per heavy atom. The molecule has 0 radical (unpaired) electrons. The lowest BCUT2D eigenvalue weighted by atomic mass is 10.1. The molecule has 1 amide bonds. The van der Waals surface area contributed by atoms with Crippen molar-refractivity contribution in [2.24, 2.45) is 0 Å². The molecule has 0 bridgehead atoms. The van der Waals surface area contributed by atoms with Crippen LogP contribution in [0.5, 0.6) is 11.5 Å². The highest BCUT2D eigenvalue weighted by atomic mass is 19.1. The van der Waals surface area contributed by atoms with Crippen molar-refractivity contribution >= 4 is 5.91 Å². The number of nitrogens with zero attached hydrogens (tertiary/aromatic N) is 1. The summed E-state index contributed by atoms with van der Waals surface area (Å²) in [4.78, 5) is 13.9. The molecule has 0 aromatic heterocycles. The summed E-state index contributed by atoms with van der Waals surface area (Å²) in [6, 6.07) is 11.2. The molecule has 0 N–H and O–H groups in total. The predicted octanol–water partition coefficient (Wildman–Crippen LogP) is 2.89. The maximum Gasteiger partial charge on any atom is 0.260 e. The van der Waals surface area contributed by atoms with E-state index in [4.69, 9.17) is 14.2 Å².